The predicted octanol–water partition coefficient (Wildman–Crippen LogP) is 1.25. The van der Waals surface area contributed by atoms with Crippen LogP contribution < -0.4 is 4.74 Å². The number of benzene rings is 1. The van der Waals surface area contributed by atoms with Gasteiger partial charge in [-0.05, 0) is 12.1 Å². The van der Waals surface area contributed by atoms with Crippen molar-refractivity contribution >= 4 is 5.78 Å². The highest BCUT2D eigenvalue weighted by Crippen LogP contribution is 2.14. The molecule has 0 spiro atoms. The molecule has 88 valence electrons. The third kappa shape index (κ3) is 2.69. The van der Waals surface area contributed by atoms with Crippen molar-refractivity contribution in [2.24, 2.45) is 7.05 Å². The fourth-order valence-corrected chi connectivity index (χ4v) is 1.54. The molecular formula is C12H13N3O2. The van der Waals surface area contributed by atoms with Crippen molar-refractivity contribution in [1.82, 2.24) is 15.0 Å². The lowest BCUT2D eigenvalue weighted by molar-refractivity contribution is 0.0991. The summed E-state index contributed by atoms with van der Waals surface area (Å²) in [5, 5.41) is 7.67. The number of ketones is 1. The number of hydrogen-bond donors (Lipinski definition) is 0. The van der Waals surface area contributed by atoms with Gasteiger partial charge in [0, 0.05) is 18.8 Å². The van der Waals surface area contributed by atoms with Gasteiger partial charge in [-0.3, -0.25) is 9.48 Å². The van der Waals surface area contributed by atoms with E-state index in [0.29, 0.717) is 17.0 Å². The molecule has 0 radical (unpaired) electrons. The molecule has 17 heavy (non-hydrogen) atoms. The summed E-state index contributed by atoms with van der Waals surface area (Å²) < 4.78 is 6.65. The summed E-state index contributed by atoms with van der Waals surface area (Å²) in [7, 11) is 3.35. The van der Waals surface area contributed by atoms with Crippen LogP contribution in [0.25, 0.3) is 0 Å². The van der Waals surface area contributed by atoms with E-state index in [2.05, 4.69) is 10.3 Å². The van der Waals surface area contributed by atoms with Crippen molar-refractivity contribution < 1.29 is 9.53 Å². The van der Waals surface area contributed by atoms with Crippen LogP contribution in [0.3, 0.4) is 0 Å². The summed E-state index contributed by atoms with van der Waals surface area (Å²) in [5.41, 5.74) is 1.29. The summed E-state index contributed by atoms with van der Waals surface area (Å²) in [4.78, 5) is 12.0. The predicted molar refractivity (Wildman–Crippen MR) is 62.0 cm³/mol. The largest absolute Gasteiger partial charge is 0.497 e. The summed E-state index contributed by atoms with van der Waals surface area (Å²) in [6, 6.07) is 7.09. The number of methoxy groups -OCH3 is 1. The molecule has 0 bridgehead atoms. The zero-order valence-electron chi connectivity index (χ0n) is 9.75. The highest BCUT2D eigenvalue weighted by atomic mass is 16.5. The van der Waals surface area contributed by atoms with Crippen molar-refractivity contribution in [2.45, 2.75) is 6.42 Å². The van der Waals surface area contributed by atoms with Gasteiger partial charge in [-0.1, -0.05) is 17.3 Å². The fourth-order valence-electron chi connectivity index (χ4n) is 1.54. The highest BCUT2D eigenvalue weighted by molar-refractivity contribution is 5.97. The SMILES string of the molecule is COc1cccc(C(=O)Cc2cn(C)nn2)c1. The fraction of sp³-hybridized carbons (Fsp3) is 0.250. The first-order valence-corrected chi connectivity index (χ1v) is 5.21. The van der Waals surface area contributed by atoms with Gasteiger partial charge in [0.2, 0.25) is 0 Å². The van der Waals surface area contributed by atoms with Crippen molar-refractivity contribution in [3.63, 3.8) is 0 Å². The Morgan fingerprint density at radius 2 is 2.29 bits per heavy atom. The monoisotopic (exact) mass is 231 g/mol. The van der Waals surface area contributed by atoms with Crippen molar-refractivity contribution in [2.75, 3.05) is 7.11 Å². The first-order chi connectivity index (χ1) is 8.19. The second kappa shape index (κ2) is 4.78. The number of aromatic nitrogens is 3. The average molecular weight is 231 g/mol. The number of aryl methyl sites for hydroxylation is 1. The minimum absolute atomic E-state index is 0.00407. The molecule has 0 unspecified atom stereocenters. The van der Waals surface area contributed by atoms with E-state index in [1.807, 2.05) is 0 Å². The van der Waals surface area contributed by atoms with Crippen LogP contribution in [-0.4, -0.2) is 27.9 Å². The van der Waals surface area contributed by atoms with E-state index in [1.54, 1.807) is 49.3 Å². The molecule has 0 N–H and O–H groups in total. The normalized spacial score (nSPS) is 10.2. The van der Waals surface area contributed by atoms with E-state index >= 15 is 0 Å². The molecule has 0 saturated heterocycles. The molecule has 5 heteroatoms. The third-order valence-electron chi connectivity index (χ3n) is 2.38. The van der Waals surface area contributed by atoms with Gasteiger partial charge in [0.15, 0.2) is 5.78 Å². The molecule has 1 aromatic carbocycles. The topological polar surface area (TPSA) is 57.0 Å². The Hall–Kier alpha value is -2.17. The third-order valence-corrected chi connectivity index (χ3v) is 2.38. The number of hydrogen-bond acceptors (Lipinski definition) is 4. The summed E-state index contributed by atoms with van der Waals surface area (Å²) in [6.45, 7) is 0. The van der Waals surface area contributed by atoms with Crippen LogP contribution in [-0.2, 0) is 13.5 Å². The molecule has 2 aromatic rings. The molecule has 0 amide bonds. The van der Waals surface area contributed by atoms with Crippen LogP contribution in [0.5, 0.6) is 5.75 Å². The van der Waals surface area contributed by atoms with Gasteiger partial charge in [-0.25, -0.2) is 0 Å². The van der Waals surface area contributed by atoms with Gasteiger partial charge < -0.3 is 4.74 Å². The minimum Gasteiger partial charge on any atom is -0.497 e. The van der Waals surface area contributed by atoms with Crippen molar-refractivity contribution in [1.29, 1.82) is 0 Å². The second-order valence-corrected chi connectivity index (χ2v) is 3.72. The molecule has 1 aromatic heterocycles. The van der Waals surface area contributed by atoms with Crippen LogP contribution in [0.15, 0.2) is 30.5 Å². The van der Waals surface area contributed by atoms with E-state index in [-0.39, 0.29) is 12.2 Å². The number of nitrogens with zero attached hydrogens (tertiary/aromatic N) is 3. The van der Waals surface area contributed by atoms with E-state index in [1.165, 1.54) is 0 Å². The lowest BCUT2D eigenvalue weighted by Gasteiger charge is -2.02. The maximum atomic E-state index is 12.0. The lowest BCUT2D eigenvalue weighted by Crippen LogP contribution is -2.04. The van der Waals surface area contributed by atoms with Crippen LogP contribution in [0.1, 0.15) is 16.1 Å². The Morgan fingerprint density at radius 1 is 1.47 bits per heavy atom. The van der Waals surface area contributed by atoms with Crippen molar-refractivity contribution in [3.05, 3.63) is 41.7 Å². The minimum atomic E-state index is 0.00407. The highest BCUT2D eigenvalue weighted by Gasteiger charge is 2.10. The number of Topliss-reactive ketones (excluding diaryl/α,β-unsaturated/α-hetero) is 1. The quantitative estimate of drug-likeness (QED) is 0.743. The van der Waals surface area contributed by atoms with Gasteiger partial charge >= 0.3 is 0 Å². The standard InChI is InChI=1S/C12H13N3O2/c1-15-8-10(13-14-15)7-12(16)9-4-3-5-11(6-9)17-2/h3-6,8H,7H2,1-2H3. The van der Waals surface area contributed by atoms with E-state index in [9.17, 15) is 4.79 Å². The molecular weight excluding hydrogens is 218 g/mol. The van der Waals surface area contributed by atoms with Gasteiger partial charge in [0.1, 0.15) is 5.75 Å². The molecule has 0 fully saturated rings. The molecule has 0 atom stereocenters. The van der Waals surface area contributed by atoms with E-state index < -0.39 is 0 Å². The average Bonchev–Trinajstić information content (AvgIpc) is 2.75. The zero-order chi connectivity index (χ0) is 12.3. The first-order valence-electron chi connectivity index (χ1n) is 5.21. The smallest absolute Gasteiger partial charge is 0.169 e. The van der Waals surface area contributed by atoms with Crippen LogP contribution >= 0.6 is 0 Å². The van der Waals surface area contributed by atoms with Crippen molar-refractivity contribution in [3.8, 4) is 5.75 Å². The zero-order valence-corrected chi connectivity index (χ0v) is 9.75. The molecule has 1 heterocycles. The van der Waals surface area contributed by atoms with Gasteiger partial charge in [0.25, 0.3) is 0 Å². The molecule has 0 saturated carbocycles. The number of carbonyl (C=O) groups is 1. The Morgan fingerprint density at radius 3 is 2.94 bits per heavy atom. The number of ether oxygens (including phenoxy) is 1. The Kier molecular flexibility index (Phi) is 3.18. The van der Waals surface area contributed by atoms with Gasteiger partial charge in [-0.2, -0.15) is 0 Å². The lowest BCUT2D eigenvalue weighted by atomic mass is 10.1. The Bertz CT molecular complexity index is 534. The van der Waals surface area contributed by atoms with Crippen LogP contribution in [0.2, 0.25) is 0 Å². The van der Waals surface area contributed by atoms with Gasteiger partial charge in [-0.15, -0.1) is 5.10 Å². The Labute approximate surface area is 99.0 Å². The summed E-state index contributed by atoms with van der Waals surface area (Å²) in [5.74, 6) is 0.680. The second-order valence-electron chi connectivity index (χ2n) is 3.72. The van der Waals surface area contributed by atoms with Crippen LogP contribution in [0.4, 0.5) is 0 Å². The number of rotatable bonds is 4. The Balaban J connectivity index is 2.14. The summed E-state index contributed by atoms with van der Waals surface area (Å²) in [6.07, 6.45) is 1.99. The maximum Gasteiger partial charge on any atom is 0.169 e. The number of carbonyl (C=O) groups excluding carboxylic acids is 1. The maximum absolute atomic E-state index is 12.0. The van der Waals surface area contributed by atoms with E-state index in [4.69, 9.17) is 4.74 Å². The molecule has 2 rings (SSSR count). The van der Waals surface area contributed by atoms with Gasteiger partial charge in [0.05, 0.1) is 19.2 Å². The summed E-state index contributed by atoms with van der Waals surface area (Å²) >= 11 is 0. The molecule has 0 aliphatic rings. The molecule has 0 aliphatic carbocycles. The van der Waals surface area contributed by atoms with Crippen LogP contribution in [0, 0.1) is 0 Å². The molecule has 0 aliphatic heterocycles. The molecule has 5 nitrogen and oxygen atoms in total. The first kappa shape index (κ1) is 11.3. The van der Waals surface area contributed by atoms with E-state index in [0.717, 1.165) is 0 Å².